The Morgan fingerprint density at radius 2 is 2.00 bits per heavy atom. The van der Waals surface area contributed by atoms with Crippen LogP contribution in [0.4, 0.5) is 0 Å². The second kappa shape index (κ2) is 5.96. The quantitative estimate of drug-likeness (QED) is 0.759. The third kappa shape index (κ3) is 3.51. The first kappa shape index (κ1) is 14.4. The van der Waals surface area contributed by atoms with E-state index in [1.165, 1.54) is 11.0 Å². The molecule has 0 spiro atoms. The number of aromatic nitrogens is 3. The number of para-hydroxylation sites is 1. The van der Waals surface area contributed by atoms with Gasteiger partial charge in [0.25, 0.3) is 0 Å². The van der Waals surface area contributed by atoms with E-state index in [0.717, 1.165) is 5.69 Å². The van der Waals surface area contributed by atoms with Crippen molar-refractivity contribution in [1.82, 2.24) is 15.0 Å². The van der Waals surface area contributed by atoms with Gasteiger partial charge in [-0.25, -0.2) is 0 Å². The molecule has 2 aromatic rings. The third-order valence-corrected chi connectivity index (χ3v) is 3.27. The number of Topliss-reactive ketones (excluding diaryl/α,β-unsaturated/α-hetero) is 1. The first-order chi connectivity index (χ1) is 9.52. The lowest BCUT2D eigenvalue weighted by Gasteiger charge is -2.21. The van der Waals surface area contributed by atoms with Crippen LogP contribution >= 0.6 is 0 Å². The van der Waals surface area contributed by atoms with Gasteiger partial charge in [-0.05, 0) is 32.4 Å². The van der Waals surface area contributed by atoms with Gasteiger partial charge in [-0.15, -0.1) is 5.10 Å². The highest BCUT2D eigenvalue weighted by molar-refractivity contribution is 5.93. The molecule has 0 fully saturated rings. The zero-order chi connectivity index (χ0) is 14.6. The van der Waals surface area contributed by atoms with Crippen molar-refractivity contribution in [2.45, 2.75) is 32.3 Å². The maximum atomic E-state index is 12.1. The third-order valence-electron chi connectivity index (χ3n) is 3.27. The molecule has 0 unspecified atom stereocenters. The molecule has 106 valence electrons. The molecule has 5 nitrogen and oxygen atoms in total. The summed E-state index contributed by atoms with van der Waals surface area (Å²) in [5.41, 5.74) is 0.926. The van der Waals surface area contributed by atoms with Gasteiger partial charge in [0, 0.05) is 13.5 Å². The predicted octanol–water partition coefficient (Wildman–Crippen LogP) is 2.66. The molecule has 0 N–H and O–H groups in total. The van der Waals surface area contributed by atoms with Crippen LogP contribution in [0.2, 0.25) is 0 Å². The van der Waals surface area contributed by atoms with Crippen molar-refractivity contribution in [1.29, 1.82) is 0 Å². The van der Waals surface area contributed by atoms with E-state index in [0.29, 0.717) is 18.5 Å². The molecule has 0 amide bonds. The van der Waals surface area contributed by atoms with E-state index in [1.54, 1.807) is 7.11 Å². The molecule has 0 aliphatic carbocycles. The smallest absolute Gasteiger partial charge is 0.184 e. The van der Waals surface area contributed by atoms with Gasteiger partial charge in [0.05, 0.1) is 17.5 Å². The molecule has 0 aliphatic heterocycles. The fraction of sp³-hybridized carbons (Fsp3) is 0.400. The van der Waals surface area contributed by atoms with Gasteiger partial charge >= 0.3 is 0 Å². The zero-order valence-electron chi connectivity index (χ0n) is 12.0. The first-order valence-electron chi connectivity index (χ1n) is 6.58. The first-order valence-corrected chi connectivity index (χ1v) is 6.58. The number of benzene rings is 1. The number of ketones is 1. The maximum Gasteiger partial charge on any atom is 0.184 e. The Hall–Kier alpha value is -2.01. The number of methoxy groups -OCH3 is 1. The van der Waals surface area contributed by atoms with Crippen molar-refractivity contribution in [2.75, 3.05) is 7.11 Å². The normalized spacial score (nSPS) is 11.6. The molecule has 2 rings (SSSR count). The summed E-state index contributed by atoms with van der Waals surface area (Å²) in [6, 6.07) is 9.51. The van der Waals surface area contributed by atoms with E-state index in [4.69, 9.17) is 4.74 Å². The van der Waals surface area contributed by atoms with Crippen molar-refractivity contribution in [3.8, 4) is 5.69 Å². The number of rotatable bonds is 6. The Labute approximate surface area is 118 Å². The van der Waals surface area contributed by atoms with Gasteiger partial charge in [-0.3, -0.25) is 4.79 Å². The minimum atomic E-state index is -0.301. The number of hydrogen-bond donors (Lipinski definition) is 0. The molecular weight excluding hydrogens is 254 g/mol. The van der Waals surface area contributed by atoms with E-state index in [2.05, 4.69) is 10.2 Å². The number of carbonyl (C=O) groups is 1. The molecule has 0 saturated heterocycles. The van der Waals surface area contributed by atoms with Crippen LogP contribution in [-0.4, -0.2) is 33.5 Å². The van der Waals surface area contributed by atoms with Crippen molar-refractivity contribution < 1.29 is 9.53 Å². The van der Waals surface area contributed by atoms with Crippen LogP contribution in [0.25, 0.3) is 5.69 Å². The van der Waals surface area contributed by atoms with Crippen LogP contribution < -0.4 is 0 Å². The molecule has 0 bridgehead atoms. The summed E-state index contributed by atoms with van der Waals surface area (Å²) in [7, 11) is 1.65. The Bertz CT molecular complexity index is 576. The highest BCUT2D eigenvalue weighted by Crippen LogP contribution is 2.17. The monoisotopic (exact) mass is 273 g/mol. The zero-order valence-corrected chi connectivity index (χ0v) is 12.0. The molecular formula is C15H19N3O2. The van der Waals surface area contributed by atoms with Crippen LogP contribution in [0.3, 0.4) is 0 Å². The Balaban J connectivity index is 2.04. The van der Waals surface area contributed by atoms with Gasteiger partial charge in [-0.2, -0.15) is 9.90 Å². The van der Waals surface area contributed by atoms with E-state index < -0.39 is 0 Å². The lowest BCUT2D eigenvalue weighted by atomic mass is 10.00. The predicted molar refractivity (Wildman–Crippen MR) is 76.0 cm³/mol. The van der Waals surface area contributed by atoms with Crippen molar-refractivity contribution >= 4 is 5.78 Å². The van der Waals surface area contributed by atoms with E-state index in [9.17, 15) is 4.79 Å². The largest absolute Gasteiger partial charge is 0.379 e. The minimum absolute atomic E-state index is 0.0164. The molecule has 0 radical (unpaired) electrons. The Morgan fingerprint density at radius 1 is 1.30 bits per heavy atom. The van der Waals surface area contributed by atoms with Crippen LogP contribution in [0.1, 0.15) is 37.2 Å². The number of ether oxygens (including phenoxy) is 1. The molecule has 5 heteroatoms. The second-order valence-corrected chi connectivity index (χ2v) is 5.24. The molecule has 0 aliphatic rings. The van der Waals surface area contributed by atoms with Crippen molar-refractivity contribution in [2.24, 2.45) is 0 Å². The Kier molecular flexibility index (Phi) is 4.29. The summed E-state index contributed by atoms with van der Waals surface area (Å²) >= 11 is 0. The van der Waals surface area contributed by atoms with Gasteiger partial charge in [-0.1, -0.05) is 18.2 Å². The van der Waals surface area contributed by atoms with E-state index in [1.807, 2.05) is 44.2 Å². The van der Waals surface area contributed by atoms with Gasteiger partial charge in [0.2, 0.25) is 0 Å². The van der Waals surface area contributed by atoms with Crippen LogP contribution in [0, 0.1) is 0 Å². The summed E-state index contributed by atoms with van der Waals surface area (Å²) in [6.45, 7) is 3.92. The Morgan fingerprint density at radius 3 is 2.65 bits per heavy atom. The van der Waals surface area contributed by atoms with Crippen LogP contribution in [0.5, 0.6) is 0 Å². The molecule has 1 aromatic heterocycles. The summed E-state index contributed by atoms with van der Waals surface area (Å²) in [5, 5.41) is 8.35. The van der Waals surface area contributed by atoms with Gasteiger partial charge in [0.15, 0.2) is 5.78 Å². The summed E-state index contributed by atoms with van der Waals surface area (Å²) < 4.78 is 5.31. The number of carbonyl (C=O) groups excluding carboxylic acids is 1. The number of hydrogen-bond acceptors (Lipinski definition) is 4. The molecule has 0 saturated carbocycles. The van der Waals surface area contributed by atoms with Crippen molar-refractivity contribution in [3.05, 3.63) is 42.2 Å². The SMILES string of the molecule is COC(C)(C)CCC(=O)c1cnn(-c2ccccc2)n1. The van der Waals surface area contributed by atoms with Gasteiger partial charge < -0.3 is 4.74 Å². The molecule has 0 atom stereocenters. The minimum Gasteiger partial charge on any atom is -0.379 e. The van der Waals surface area contributed by atoms with E-state index >= 15 is 0 Å². The standard InChI is InChI=1S/C15H19N3O2/c1-15(2,20-3)10-9-14(19)13-11-16-18(17-13)12-7-5-4-6-8-12/h4-8,11H,9-10H2,1-3H3. The second-order valence-electron chi connectivity index (χ2n) is 5.24. The fourth-order valence-electron chi connectivity index (χ4n) is 1.72. The molecule has 1 heterocycles. The topological polar surface area (TPSA) is 57.0 Å². The molecule has 1 aromatic carbocycles. The maximum absolute atomic E-state index is 12.1. The van der Waals surface area contributed by atoms with Gasteiger partial charge in [0.1, 0.15) is 5.69 Å². The molecule has 20 heavy (non-hydrogen) atoms. The lowest BCUT2D eigenvalue weighted by Crippen LogP contribution is -2.23. The van der Waals surface area contributed by atoms with E-state index in [-0.39, 0.29) is 11.4 Å². The van der Waals surface area contributed by atoms with Crippen LogP contribution in [0.15, 0.2) is 36.5 Å². The summed E-state index contributed by atoms with van der Waals surface area (Å²) in [6.07, 6.45) is 2.56. The average molecular weight is 273 g/mol. The lowest BCUT2D eigenvalue weighted by molar-refractivity contribution is 0.0141. The number of nitrogens with zero attached hydrogens (tertiary/aromatic N) is 3. The van der Waals surface area contributed by atoms with Crippen LogP contribution in [-0.2, 0) is 4.74 Å². The fourth-order valence-corrected chi connectivity index (χ4v) is 1.72. The van der Waals surface area contributed by atoms with Crippen molar-refractivity contribution in [3.63, 3.8) is 0 Å². The summed E-state index contributed by atoms with van der Waals surface area (Å²) in [5.74, 6) is -0.0164. The highest BCUT2D eigenvalue weighted by Gasteiger charge is 2.20. The highest BCUT2D eigenvalue weighted by atomic mass is 16.5. The average Bonchev–Trinajstić information content (AvgIpc) is 2.96. The summed E-state index contributed by atoms with van der Waals surface area (Å²) in [4.78, 5) is 13.5.